The van der Waals surface area contributed by atoms with Crippen LogP contribution in [0, 0.1) is 6.92 Å². The normalized spacial score (nSPS) is 11.4. The van der Waals surface area contributed by atoms with Crippen LogP contribution in [-0.2, 0) is 12.6 Å². The molecule has 1 aromatic heterocycles. The average Bonchev–Trinajstić information content (AvgIpc) is 2.84. The van der Waals surface area contributed by atoms with Crippen LogP contribution in [-0.4, -0.2) is 12.5 Å². The smallest absolute Gasteiger partial charge is 0.416 e. The predicted molar refractivity (Wildman–Crippen MR) is 70.9 cm³/mol. The fourth-order valence-corrected chi connectivity index (χ4v) is 1.87. The van der Waals surface area contributed by atoms with E-state index in [2.05, 4.69) is 5.32 Å². The molecule has 1 heterocycles. The third kappa shape index (κ3) is 3.87. The Morgan fingerprint density at radius 2 is 1.86 bits per heavy atom. The molecule has 1 N–H and O–H groups in total. The molecule has 0 aliphatic heterocycles. The van der Waals surface area contributed by atoms with Crippen molar-refractivity contribution in [2.24, 2.45) is 0 Å². The van der Waals surface area contributed by atoms with E-state index in [0.717, 1.165) is 23.3 Å². The van der Waals surface area contributed by atoms with Crippen LogP contribution < -0.4 is 5.32 Å². The van der Waals surface area contributed by atoms with Crippen LogP contribution in [0.4, 0.5) is 13.2 Å². The average molecular weight is 297 g/mol. The summed E-state index contributed by atoms with van der Waals surface area (Å²) >= 11 is 0. The molecule has 0 atom stereocenters. The van der Waals surface area contributed by atoms with Crippen molar-refractivity contribution < 1.29 is 22.4 Å². The highest BCUT2D eigenvalue weighted by molar-refractivity contribution is 5.92. The molecule has 0 fully saturated rings. The molecule has 0 spiro atoms. The van der Waals surface area contributed by atoms with Crippen molar-refractivity contribution in [2.75, 3.05) is 6.54 Å². The molecule has 3 nitrogen and oxygen atoms in total. The first-order valence-electron chi connectivity index (χ1n) is 6.36. The van der Waals surface area contributed by atoms with E-state index in [-0.39, 0.29) is 11.7 Å². The van der Waals surface area contributed by atoms with Gasteiger partial charge < -0.3 is 9.73 Å². The molecule has 0 aliphatic carbocycles. The van der Waals surface area contributed by atoms with Gasteiger partial charge in [0.1, 0.15) is 0 Å². The van der Waals surface area contributed by atoms with Gasteiger partial charge in [-0.15, -0.1) is 0 Å². The molecular formula is C15H14F3NO2. The zero-order valence-electron chi connectivity index (χ0n) is 11.3. The van der Waals surface area contributed by atoms with Gasteiger partial charge >= 0.3 is 6.18 Å². The SMILES string of the molecule is Cc1ccoc1C(=O)NCCc1ccc(C(F)(F)F)cc1. The maximum absolute atomic E-state index is 12.4. The topological polar surface area (TPSA) is 42.2 Å². The summed E-state index contributed by atoms with van der Waals surface area (Å²) in [4.78, 5) is 11.7. The predicted octanol–water partition coefficient (Wildman–Crippen LogP) is 3.58. The van der Waals surface area contributed by atoms with E-state index in [1.165, 1.54) is 18.4 Å². The number of rotatable bonds is 4. The lowest BCUT2D eigenvalue weighted by atomic mass is 10.1. The second kappa shape index (κ2) is 6.03. The van der Waals surface area contributed by atoms with E-state index in [4.69, 9.17) is 4.42 Å². The van der Waals surface area contributed by atoms with Crippen LogP contribution in [0.3, 0.4) is 0 Å². The minimum atomic E-state index is -4.33. The Bertz CT molecular complexity index is 615. The molecule has 1 amide bonds. The number of amides is 1. The molecule has 2 rings (SSSR count). The summed E-state index contributed by atoms with van der Waals surface area (Å²) < 4.78 is 42.3. The molecule has 0 unspecified atom stereocenters. The number of nitrogens with one attached hydrogen (secondary N) is 1. The van der Waals surface area contributed by atoms with Gasteiger partial charge in [0.15, 0.2) is 5.76 Å². The van der Waals surface area contributed by atoms with Gasteiger partial charge in [-0.2, -0.15) is 13.2 Å². The van der Waals surface area contributed by atoms with Crippen LogP contribution in [0.15, 0.2) is 41.0 Å². The minimum absolute atomic E-state index is 0.252. The number of furan rings is 1. The Balaban J connectivity index is 1.87. The highest BCUT2D eigenvalue weighted by Crippen LogP contribution is 2.29. The Hall–Kier alpha value is -2.24. The number of carbonyl (C=O) groups is 1. The van der Waals surface area contributed by atoms with E-state index in [1.807, 2.05) is 0 Å². The Labute approximate surface area is 119 Å². The second-order valence-corrected chi connectivity index (χ2v) is 4.63. The van der Waals surface area contributed by atoms with Crippen molar-refractivity contribution in [3.8, 4) is 0 Å². The number of halogens is 3. The highest BCUT2D eigenvalue weighted by Gasteiger charge is 2.29. The van der Waals surface area contributed by atoms with Crippen molar-refractivity contribution in [2.45, 2.75) is 19.5 Å². The molecule has 21 heavy (non-hydrogen) atoms. The highest BCUT2D eigenvalue weighted by atomic mass is 19.4. The van der Waals surface area contributed by atoms with Crippen LogP contribution >= 0.6 is 0 Å². The minimum Gasteiger partial charge on any atom is -0.459 e. The first-order valence-corrected chi connectivity index (χ1v) is 6.36. The Kier molecular flexibility index (Phi) is 4.35. The third-order valence-corrected chi connectivity index (χ3v) is 3.05. The monoisotopic (exact) mass is 297 g/mol. The van der Waals surface area contributed by atoms with Crippen LogP contribution in [0.5, 0.6) is 0 Å². The molecule has 2 aromatic rings. The summed E-state index contributed by atoms with van der Waals surface area (Å²) in [7, 11) is 0. The number of aryl methyl sites for hydroxylation is 1. The molecular weight excluding hydrogens is 283 g/mol. The lowest BCUT2D eigenvalue weighted by Gasteiger charge is -2.08. The number of alkyl halides is 3. The van der Waals surface area contributed by atoms with Crippen LogP contribution in [0.1, 0.15) is 27.2 Å². The van der Waals surface area contributed by atoms with E-state index in [1.54, 1.807) is 13.0 Å². The lowest BCUT2D eigenvalue weighted by Crippen LogP contribution is -2.25. The van der Waals surface area contributed by atoms with Gasteiger partial charge in [0.25, 0.3) is 5.91 Å². The van der Waals surface area contributed by atoms with E-state index >= 15 is 0 Å². The van der Waals surface area contributed by atoms with Gasteiger partial charge in [-0.05, 0) is 37.1 Å². The van der Waals surface area contributed by atoms with Gasteiger partial charge in [-0.3, -0.25) is 4.79 Å². The van der Waals surface area contributed by atoms with Gasteiger partial charge in [0.05, 0.1) is 11.8 Å². The number of carbonyl (C=O) groups excluding carboxylic acids is 1. The molecule has 0 bridgehead atoms. The van der Waals surface area contributed by atoms with Crippen molar-refractivity contribution in [3.05, 3.63) is 59.0 Å². The lowest BCUT2D eigenvalue weighted by molar-refractivity contribution is -0.137. The molecule has 0 saturated carbocycles. The Morgan fingerprint density at radius 3 is 2.38 bits per heavy atom. The second-order valence-electron chi connectivity index (χ2n) is 4.63. The van der Waals surface area contributed by atoms with Gasteiger partial charge in [-0.1, -0.05) is 12.1 Å². The van der Waals surface area contributed by atoms with Gasteiger partial charge in [-0.25, -0.2) is 0 Å². The van der Waals surface area contributed by atoms with E-state index in [0.29, 0.717) is 13.0 Å². The maximum atomic E-state index is 12.4. The summed E-state index contributed by atoms with van der Waals surface area (Å²) in [6, 6.07) is 6.58. The third-order valence-electron chi connectivity index (χ3n) is 3.05. The van der Waals surface area contributed by atoms with Crippen molar-refractivity contribution in [1.82, 2.24) is 5.32 Å². The molecule has 112 valence electrons. The Morgan fingerprint density at radius 1 is 1.19 bits per heavy atom. The summed E-state index contributed by atoms with van der Waals surface area (Å²) in [6.07, 6.45) is -2.45. The molecule has 6 heteroatoms. The van der Waals surface area contributed by atoms with Crippen LogP contribution in [0.2, 0.25) is 0 Å². The van der Waals surface area contributed by atoms with Gasteiger partial charge in [0, 0.05) is 12.1 Å². The van der Waals surface area contributed by atoms with E-state index < -0.39 is 11.7 Å². The molecule has 0 saturated heterocycles. The summed E-state index contributed by atoms with van der Waals surface area (Å²) in [6.45, 7) is 2.08. The molecule has 1 aromatic carbocycles. The molecule has 0 aliphatic rings. The van der Waals surface area contributed by atoms with E-state index in [9.17, 15) is 18.0 Å². The maximum Gasteiger partial charge on any atom is 0.416 e. The largest absolute Gasteiger partial charge is 0.459 e. The number of hydrogen-bond donors (Lipinski definition) is 1. The first kappa shape index (κ1) is 15.2. The first-order chi connectivity index (χ1) is 9.88. The zero-order chi connectivity index (χ0) is 15.5. The fourth-order valence-electron chi connectivity index (χ4n) is 1.87. The summed E-state index contributed by atoms with van der Waals surface area (Å²) in [5, 5.41) is 2.66. The van der Waals surface area contributed by atoms with Crippen molar-refractivity contribution >= 4 is 5.91 Å². The molecule has 0 radical (unpaired) electrons. The summed E-state index contributed by atoms with van der Waals surface area (Å²) in [5.74, 6) is -0.0770. The number of hydrogen-bond acceptors (Lipinski definition) is 2. The zero-order valence-corrected chi connectivity index (χ0v) is 11.3. The standard InChI is InChI=1S/C15H14F3NO2/c1-10-7-9-21-13(10)14(20)19-8-6-11-2-4-12(5-3-11)15(16,17)18/h2-5,7,9H,6,8H2,1H3,(H,19,20). The number of benzene rings is 1. The van der Waals surface area contributed by atoms with Crippen molar-refractivity contribution in [3.63, 3.8) is 0 Å². The van der Waals surface area contributed by atoms with Crippen molar-refractivity contribution in [1.29, 1.82) is 0 Å². The van der Waals surface area contributed by atoms with Gasteiger partial charge in [0.2, 0.25) is 0 Å². The summed E-state index contributed by atoms with van der Waals surface area (Å²) in [5.41, 5.74) is 0.781. The van der Waals surface area contributed by atoms with Crippen LogP contribution in [0.25, 0.3) is 0 Å². The quantitative estimate of drug-likeness (QED) is 0.937. The fraction of sp³-hybridized carbons (Fsp3) is 0.267.